The third-order valence-corrected chi connectivity index (χ3v) is 3.51. The van der Waals surface area contributed by atoms with Gasteiger partial charge in [-0.2, -0.15) is 0 Å². The lowest BCUT2D eigenvalue weighted by Gasteiger charge is -2.19. The molecule has 0 aromatic heterocycles. The standard InChI is InChI=1S/C16H22N2O/c1-15(19)18-12-6-11-17(13-14-18)10-5-9-16-7-3-2-4-8-16/h2-5,7-9H,6,10-14H2,1H3/b9-5+. The van der Waals surface area contributed by atoms with Gasteiger partial charge >= 0.3 is 0 Å². The molecule has 0 radical (unpaired) electrons. The van der Waals surface area contributed by atoms with Gasteiger partial charge in [0.05, 0.1) is 0 Å². The van der Waals surface area contributed by atoms with Crippen LogP contribution >= 0.6 is 0 Å². The van der Waals surface area contributed by atoms with E-state index >= 15 is 0 Å². The minimum atomic E-state index is 0.196. The van der Waals surface area contributed by atoms with Crippen molar-refractivity contribution >= 4 is 12.0 Å². The van der Waals surface area contributed by atoms with Crippen LogP contribution in [0.3, 0.4) is 0 Å². The van der Waals surface area contributed by atoms with Crippen LogP contribution < -0.4 is 0 Å². The molecule has 19 heavy (non-hydrogen) atoms. The van der Waals surface area contributed by atoms with Gasteiger partial charge in [-0.25, -0.2) is 0 Å². The van der Waals surface area contributed by atoms with Crippen molar-refractivity contribution in [2.45, 2.75) is 13.3 Å². The monoisotopic (exact) mass is 258 g/mol. The van der Waals surface area contributed by atoms with E-state index in [2.05, 4.69) is 41.3 Å². The molecule has 0 unspecified atom stereocenters. The highest BCUT2D eigenvalue weighted by molar-refractivity contribution is 5.73. The molecular formula is C16H22N2O. The van der Waals surface area contributed by atoms with Crippen molar-refractivity contribution in [3.8, 4) is 0 Å². The molecule has 0 saturated carbocycles. The molecule has 3 nitrogen and oxygen atoms in total. The van der Waals surface area contributed by atoms with E-state index in [4.69, 9.17) is 0 Å². The molecule has 1 amide bonds. The van der Waals surface area contributed by atoms with Crippen LogP contribution in [0.1, 0.15) is 18.9 Å². The molecule has 1 aliphatic heterocycles. The fourth-order valence-electron chi connectivity index (χ4n) is 2.37. The summed E-state index contributed by atoms with van der Waals surface area (Å²) < 4.78 is 0. The van der Waals surface area contributed by atoms with E-state index in [9.17, 15) is 4.79 Å². The second-order valence-corrected chi connectivity index (χ2v) is 4.97. The predicted octanol–water partition coefficient (Wildman–Crippen LogP) is 2.25. The first kappa shape index (κ1) is 13.8. The van der Waals surface area contributed by atoms with Gasteiger partial charge in [-0.15, -0.1) is 0 Å². The molecule has 2 rings (SSSR count). The van der Waals surface area contributed by atoms with Crippen LogP contribution in [0.4, 0.5) is 0 Å². The van der Waals surface area contributed by atoms with E-state index in [1.54, 1.807) is 6.92 Å². The van der Waals surface area contributed by atoms with E-state index in [1.165, 1.54) is 5.56 Å². The molecule has 0 aliphatic carbocycles. The van der Waals surface area contributed by atoms with Crippen molar-refractivity contribution in [3.63, 3.8) is 0 Å². The van der Waals surface area contributed by atoms with E-state index in [-0.39, 0.29) is 5.91 Å². The molecule has 102 valence electrons. The summed E-state index contributed by atoms with van der Waals surface area (Å²) in [7, 11) is 0. The van der Waals surface area contributed by atoms with E-state index in [1.807, 2.05) is 11.0 Å². The van der Waals surface area contributed by atoms with Crippen LogP contribution in [0.2, 0.25) is 0 Å². The summed E-state index contributed by atoms with van der Waals surface area (Å²) in [5.41, 5.74) is 1.24. The molecular weight excluding hydrogens is 236 g/mol. The summed E-state index contributed by atoms with van der Waals surface area (Å²) in [6, 6.07) is 10.3. The van der Waals surface area contributed by atoms with Crippen LogP contribution in [0.25, 0.3) is 6.08 Å². The number of nitrogens with zero attached hydrogens (tertiary/aromatic N) is 2. The molecule has 0 spiro atoms. The molecule has 0 bridgehead atoms. The number of hydrogen-bond donors (Lipinski definition) is 0. The number of carbonyl (C=O) groups excluding carboxylic acids is 1. The van der Waals surface area contributed by atoms with Gasteiger partial charge in [0.15, 0.2) is 0 Å². The maximum absolute atomic E-state index is 11.4. The molecule has 0 N–H and O–H groups in total. The van der Waals surface area contributed by atoms with Crippen LogP contribution in [0.5, 0.6) is 0 Å². The predicted molar refractivity (Wildman–Crippen MR) is 78.8 cm³/mol. The lowest BCUT2D eigenvalue weighted by Crippen LogP contribution is -2.33. The molecule has 1 fully saturated rings. The van der Waals surface area contributed by atoms with Crippen molar-refractivity contribution < 1.29 is 4.79 Å². The zero-order valence-electron chi connectivity index (χ0n) is 11.6. The zero-order valence-corrected chi connectivity index (χ0v) is 11.6. The van der Waals surface area contributed by atoms with E-state index in [0.29, 0.717) is 0 Å². The van der Waals surface area contributed by atoms with Gasteiger partial charge in [0, 0.05) is 39.6 Å². The highest BCUT2D eigenvalue weighted by Crippen LogP contribution is 2.05. The smallest absolute Gasteiger partial charge is 0.219 e. The van der Waals surface area contributed by atoms with Crippen molar-refractivity contribution in [2.24, 2.45) is 0 Å². The fourth-order valence-corrected chi connectivity index (χ4v) is 2.37. The van der Waals surface area contributed by atoms with Gasteiger partial charge in [-0.3, -0.25) is 9.69 Å². The Bertz CT molecular complexity index is 428. The molecule has 1 heterocycles. The zero-order chi connectivity index (χ0) is 13.5. The second kappa shape index (κ2) is 7.10. The topological polar surface area (TPSA) is 23.6 Å². The third kappa shape index (κ3) is 4.52. The van der Waals surface area contributed by atoms with Gasteiger partial charge in [-0.05, 0) is 12.0 Å². The third-order valence-electron chi connectivity index (χ3n) is 3.51. The lowest BCUT2D eigenvalue weighted by atomic mass is 10.2. The summed E-state index contributed by atoms with van der Waals surface area (Å²) in [5.74, 6) is 0.196. The summed E-state index contributed by atoms with van der Waals surface area (Å²) in [6.07, 6.45) is 5.44. The van der Waals surface area contributed by atoms with E-state index < -0.39 is 0 Å². The number of carbonyl (C=O) groups is 1. The number of amides is 1. The Labute approximate surface area is 115 Å². The SMILES string of the molecule is CC(=O)N1CCCN(C/C=C/c2ccccc2)CC1. The van der Waals surface area contributed by atoms with Gasteiger partial charge < -0.3 is 4.90 Å². The molecule has 1 aromatic rings. The highest BCUT2D eigenvalue weighted by atomic mass is 16.2. The van der Waals surface area contributed by atoms with Gasteiger partial charge in [-0.1, -0.05) is 42.5 Å². The summed E-state index contributed by atoms with van der Waals surface area (Å²) in [4.78, 5) is 15.7. The Morgan fingerprint density at radius 3 is 2.68 bits per heavy atom. The largest absolute Gasteiger partial charge is 0.342 e. The molecule has 3 heteroatoms. The highest BCUT2D eigenvalue weighted by Gasteiger charge is 2.15. The van der Waals surface area contributed by atoms with Crippen LogP contribution in [-0.4, -0.2) is 48.4 Å². The van der Waals surface area contributed by atoms with Gasteiger partial charge in [0.2, 0.25) is 5.91 Å². The van der Waals surface area contributed by atoms with Crippen molar-refractivity contribution in [2.75, 3.05) is 32.7 Å². The molecule has 1 aromatic carbocycles. The molecule has 1 aliphatic rings. The van der Waals surface area contributed by atoms with Crippen molar-refractivity contribution in [1.29, 1.82) is 0 Å². The maximum atomic E-state index is 11.4. The van der Waals surface area contributed by atoms with E-state index in [0.717, 1.165) is 39.1 Å². The Kier molecular flexibility index (Phi) is 5.16. The number of hydrogen-bond acceptors (Lipinski definition) is 2. The summed E-state index contributed by atoms with van der Waals surface area (Å²) >= 11 is 0. The minimum Gasteiger partial charge on any atom is -0.342 e. The van der Waals surface area contributed by atoms with Crippen LogP contribution in [-0.2, 0) is 4.79 Å². The van der Waals surface area contributed by atoms with Crippen LogP contribution in [0, 0.1) is 0 Å². The van der Waals surface area contributed by atoms with Crippen molar-refractivity contribution in [3.05, 3.63) is 42.0 Å². The normalized spacial score (nSPS) is 17.6. The molecule has 1 saturated heterocycles. The van der Waals surface area contributed by atoms with Crippen molar-refractivity contribution in [1.82, 2.24) is 9.80 Å². The number of benzene rings is 1. The van der Waals surface area contributed by atoms with Gasteiger partial charge in [0.25, 0.3) is 0 Å². The number of rotatable bonds is 3. The Balaban J connectivity index is 1.80. The first-order valence-corrected chi connectivity index (χ1v) is 6.95. The van der Waals surface area contributed by atoms with Gasteiger partial charge in [0.1, 0.15) is 0 Å². The van der Waals surface area contributed by atoms with Crippen LogP contribution in [0.15, 0.2) is 36.4 Å². The second-order valence-electron chi connectivity index (χ2n) is 4.97. The first-order valence-electron chi connectivity index (χ1n) is 6.95. The lowest BCUT2D eigenvalue weighted by molar-refractivity contribution is -0.128. The average Bonchev–Trinajstić information content (AvgIpc) is 2.66. The summed E-state index contributed by atoms with van der Waals surface area (Å²) in [6.45, 7) is 6.41. The quantitative estimate of drug-likeness (QED) is 0.830. The Hall–Kier alpha value is -1.61. The fraction of sp³-hybridized carbons (Fsp3) is 0.438. The Morgan fingerprint density at radius 2 is 1.95 bits per heavy atom. The summed E-state index contributed by atoms with van der Waals surface area (Å²) in [5, 5.41) is 0. The average molecular weight is 258 g/mol. The maximum Gasteiger partial charge on any atom is 0.219 e. The first-order chi connectivity index (χ1) is 9.25. The Morgan fingerprint density at radius 1 is 1.16 bits per heavy atom. The minimum absolute atomic E-state index is 0.196. The molecule has 0 atom stereocenters.